The molecule has 2 aromatic carbocycles. The summed E-state index contributed by atoms with van der Waals surface area (Å²) in [6, 6.07) is 14.2. The molecule has 0 bridgehead atoms. The van der Waals surface area contributed by atoms with E-state index >= 15 is 0 Å². The fourth-order valence-corrected chi connectivity index (χ4v) is 4.19. The molecule has 0 radical (unpaired) electrons. The van der Waals surface area contributed by atoms with Gasteiger partial charge >= 0.3 is 0 Å². The third-order valence-electron chi connectivity index (χ3n) is 3.53. The Labute approximate surface area is 154 Å². The van der Waals surface area contributed by atoms with Gasteiger partial charge in [0, 0.05) is 24.9 Å². The van der Waals surface area contributed by atoms with Crippen LogP contribution in [-0.2, 0) is 16.6 Å². The van der Waals surface area contributed by atoms with Crippen LogP contribution < -0.4 is 9.47 Å². The quantitative estimate of drug-likeness (QED) is 0.621. The molecule has 0 atom stereocenters. The lowest BCUT2D eigenvalue weighted by Crippen LogP contribution is -2.32. The second kappa shape index (κ2) is 8.81. The van der Waals surface area contributed by atoms with E-state index in [2.05, 4.69) is 25.5 Å². The predicted octanol–water partition coefficient (Wildman–Crippen LogP) is 2.79. The summed E-state index contributed by atoms with van der Waals surface area (Å²) in [6.45, 7) is 0.746. The first-order chi connectivity index (χ1) is 12.1. The highest BCUT2D eigenvalue weighted by atomic mass is 32.2. The Kier molecular flexibility index (Phi) is 6.76. The maximum Gasteiger partial charge on any atom is 0.243 e. The second-order valence-corrected chi connectivity index (χ2v) is 7.45. The number of ether oxygens (including phenoxy) is 2. The van der Waals surface area contributed by atoms with Gasteiger partial charge in [0.15, 0.2) is 11.5 Å². The molecule has 0 unspecified atom stereocenters. The Morgan fingerprint density at radius 2 is 1.72 bits per heavy atom. The predicted molar refractivity (Wildman–Crippen MR) is 100 cm³/mol. The van der Waals surface area contributed by atoms with Gasteiger partial charge in [0.2, 0.25) is 16.8 Å². The van der Waals surface area contributed by atoms with Crippen LogP contribution >= 0.6 is 12.6 Å². The Hall–Kier alpha value is -2.14. The second-order valence-electron chi connectivity index (χ2n) is 5.06. The third kappa shape index (κ3) is 4.48. The van der Waals surface area contributed by atoms with Crippen LogP contribution in [0.4, 0.5) is 0 Å². The van der Waals surface area contributed by atoms with Crippen LogP contribution in [0.5, 0.6) is 11.5 Å². The molecule has 0 saturated carbocycles. The molecule has 1 aliphatic heterocycles. The van der Waals surface area contributed by atoms with Gasteiger partial charge in [0.25, 0.3) is 0 Å². The SMILES string of the molecule is C#C.O=S(=O)(c1ccc2c(c1)OCO2)N(CCS)Cc1ccccc1. The number of nitrogens with zero attached hydrogens (tertiary/aromatic N) is 1. The molecule has 0 fully saturated rings. The van der Waals surface area contributed by atoms with E-state index in [4.69, 9.17) is 9.47 Å². The molecule has 2 aromatic rings. The number of hydrogen-bond acceptors (Lipinski definition) is 5. The lowest BCUT2D eigenvalue weighted by Gasteiger charge is -2.21. The maximum absolute atomic E-state index is 12.9. The fourth-order valence-electron chi connectivity index (χ4n) is 2.37. The van der Waals surface area contributed by atoms with Crippen molar-refractivity contribution in [3.8, 4) is 24.3 Å². The summed E-state index contributed by atoms with van der Waals surface area (Å²) in [5, 5.41) is 0. The Morgan fingerprint density at radius 1 is 1.04 bits per heavy atom. The van der Waals surface area contributed by atoms with Crippen LogP contribution in [0, 0.1) is 12.8 Å². The number of sulfonamides is 1. The first-order valence-electron chi connectivity index (χ1n) is 7.49. The van der Waals surface area contributed by atoms with Crippen LogP contribution in [0.25, 0.3) is 0 Å². The maximum atomic E-state index is 12.9. The van der Waals surface area contributed by atoms with Crippen molar-refractivity contribution in [3.05, 3.63) is 54.1 Å². The first-order valence-corrected chi connectivity index (χ1v) is 9.56. The minimum absolute atomic E-state index is 0.114. The van der Waals surface area contributed by atoms with Crippen molar-refractivity contribution in [1.29, 1.82) is 0 Å². The van der Waals surface area contributed by atoms with Crippen molar-refractivity contribution in [2.45, 2.75) is 11.4 Å². The average Bonchev–Trinajstić information content (AvgIpc) is 3.11. The normalized spacial score (nSPS) is 12.5. The van der Waals surface area contributed by atoms with Gasteiger partial charge in [-0.05, 0) is 17.7 Å². The molecule has 5 nitrogen and oxygen atoms in total. The lowest BCUT2D eigenvalue weighted by atomic mass is 10.2. The zero-order valence-corrected chi connectivity index (χ0v) is 15.2. The molecule has 0 spiro atoms. The standard InChI is InChI=1S/C16H17NO4S2.C2H2/c18-23(19,14-6-7-15-16(10-14)21-12-20-15)17(8-9-22)11-13-4-2-1-3-5-13;1-2/h1-7,10,22H,8-9,11-12H2;1-2H. The molecule has 1 heterocycles. The highest BCUT2D eigenvalue weighted by Crippen LogP contribution is 2.34. The largest absolute Gasteiger partial charge is 0.454 e. The number of hydrogen-bond donors (Lipinski definition) is 1. The molecule has 0 saturated heterocycles. The van der Waals surface area contributed by atoms with Crippen molar-refractivity contribution >= 4 is 22.7 Å². The first kappa shape index (κ1) is 19.2. The molecule has 0 N–H and O–H groups in total. The number of thiol groups is 1. The van der Waals surface area contributed by atoms with Crippen LogP contribution in [0.1, 0.15) is 5.56 Å². The van der Waals surface area contributed by atoms with Gasteiger partial charge in [0.05, 0.1) is 4.90 Å². The van der Waals surface area contributed by atoms with Crippen molar-refractivity contribution in [2.24, 2.45) is 0 Å². The van der Waals surface area contributed by atoms with Gasteiger partial charge in [0.1, 0.15) is 0 Å². The zero-order chi connectivity index (χ0) is 18.3. The third-order valence-corrected chi connectivity index (χ3v) is 5.57. The summed E-state index contributed by atoms with van der Waals surface area (Å²) in [4.78, 5) is 0.194. The van der Waals surface area contributed by atoms with E-state index in [1.54, 1.807) is 12.1 Å². The number of rotatable bonds is 6. The van der Waals surface area contributed by atoms with E-state index in [1.807, 2.05) is 30.3 Å². The van der Waals surface area contributed by atoms with Gasteiger partial charge in [-0.1, -0.05) is 30.3 Å². The minimum Gasteiger partial charge on any atom is -0.454 e. The molecular weight excluding hydrogens is 358 g/mol. The smallest absolute Gasteiger partial charge is 0.243 e. The highest BCUT2D eigenvalue weighted by Gasteiger charge is 2.26. The number of terminal acetylenes is 1. The number of fused-ring (bicyclic) bond motifs is 1. The summed E-state index contributed by atoms with van der Waals surface area (Å²) >= 11 is 4.18. The van der Waals surface area contributed by atoms with Gasteiger partial charge in [-0.3, -0.25) is 0 Å². The monoisotopic (exact) mass is 377 g/mol. The van der Waals surface area contributed by atoms with Crippen molar-refractivity contribution in [2.75, 3.05) is 19.1 Å². The minimum atomic E-state index is -3.63. The summed E-state index contributed by atoms with van der Waals surface area (Å²) < 4.78 is 37.8. The summed E-state index contributed by atoms with van der Waals surface area (Å²) in [5.74, 6) is 1.46. The van der Waals surface area contributed by atoms with Crippen LogP contribution in [-0.4, -0.2) is 31.8 Å². The summed E-state index contributed by atoms with van der Waals surface area (Å²) in [6.07, 6.45) is 8.00. The molecule has 1 aliphatic rings. The van der Waals surface area contributed by atoms with E-state index in [0.717, 1.165) is 5.56 Å². The molecule has 3 rings (SSSR count). The fraction of sp³-hybridized carbons (Fsp3) is 0.222. The molecule has 25 heavy (non-hydrogen) atoms. The lowest BCUT2D eigenvalue weighted by molar-refractivity contribution is 0.174. The van der Waals surface area contributed by atoms with E-state index in [1.165, 1.54) is 10.4 Å². The van der Waals surface area contributed by atoms with E-state index < -0.39 is 10.0 Å². The van der Waals surface area contributed by atoms with Crippen LogP contribution in [0.15, 0.2) is 53.4 Å². The van der Waals surface area contributed by atoms with Crippen molar-refractivity contribution < 1.29 is 17.9 Å². The number of benzene rings is 2. The van der Waals surface area contributed by atoms with Gasteiger partial charge in [-0.15, -0.1) is 12.8 Å². The molecule has 132 valence electrons. The average molecular weight is 377 g/mol. The van der Waals surface area contributed by atoms with Gasteiger partial charge in [-0.25, -0.2) is 8.42 Å². The Bertz CT molecular complexity index is 819. The van der Waals surface area contributed by atoms with E-state index in [9.17, 15) is 8.42 Å². The molecule has 7 heteroatoms. The van der Waals surface area contributed by atoms with Crippen molar-refractivity contribution in [3.63, 3.8) is 0 Å². The van der Waals surface area contributed by atoms with Crippen molar-refractivity contribution in [1.82, 2.24) is 4.31 Å². The van der Waals surface area contributed by atoms with Crippen LogP contribution in [0.3, 0.4) is 0 Å². The molecular formula is C18H19NO4S2. The Morgan fingerprint density at radius 3 is 2.40 bits per heavy atom. The topological polar surface area (TPSA) is 55.8 Å². The summed E-state index contributed by atoms with van der Waals surface area (Å²) in [5.41, 5.74) is 0.929. The van der Waals surface area contributed by atoms with E-state index in [-0.39, 0.29) is 11.7 Å². The molecule has 0 amide bonds. The highest BCUT2D eigenvalue weighted by molar-refractivity contribution is 7.89. The van der Waals surface area contributed by atoms with E-state index in [0.29, 0.717) is 30.3 Å². The molecule has 0 aromatic heterocycles. The van der Waals surface area contributed by atoms with Crippen LogP contribution in [0.2, 0.25) is 0 Å². The molecule has 0 aliphatic carbocycles. The summed E-state index contributed by atoms with van der Waals surface area (Å²) in [7, 11) is -3.63. The zero-order valence-electron chi connectivity index (χ0n) is 13.5. The van der Waals surface area contributed by atoms with Gasteiger partial charge in [-0.2, -0.15) is 16.9 Å². The Balaban J connectivity index is 0.00000109. The van der Waals surface area contributed by atoms with Gasteiger partial charge < -0.3 is 9.47 Å².